The number of aromatic nitrogens is 1. The largest absolute Gasteiger partial charge is 0.489 e. The van der Waals surface area contributed by atoms with Crippen LogP contribution in [0.1, 0.15) is 25.1 Å². The molecule has 0 amide bonds. The predicted molar refractivity (Wildman–Crippen MR) is 75.0 cm³/mol. The van der Waals surface area contributed by atoms with Gasteiger partial charge in [0.2, 0.25) is 0 Å². The quantitative estimate of drug-likeness (QED) is 0.899. The van der Waals surface area contributed by atoms with E-state index in [1.54, 1.807) is 0 Å². The fraction of sp³-hybridized carbons (Fsp3) is 0.400. The molecular formula is C15H20N2O. The number of fused-ring (bicyclic) bond motifs is 1. The van der Waals surface area contributed by atoms with Gasteiger partial charge in [0.1, 0.15) is 11.3 Å². The Morgan fingerprint density at radius 3 is 2.78 bits per heavy atom. The van der Waals surface area contributed by atoms with Crippen molar-refractivity contribution in [1.82, 2.24) is 4.98 Å². The summed E-state index contributed by atoms with van der Waals surface area (Å²) in [5.74, 6) is 0.851. The van der Waals surface area contributed by atoms with Gasteiger partial charge in [-0.1, -0.05) is 12.1 Å². The van der Waals surface area contributed by atoms with E-state index in [2.05, 4.69) is 24.0 Å². The molecule has 0 bridgehead atoms. The molecule has 2 rings (SSSR count). The highest BCUT2D eigenvalue weighted by atomic mass is 16.5. The Morgan fingerprint density at radius 1 is 1.33 bits per heavy atom. The molecule has 0 aliphatic heterocycles. The van der Waals surface area contributed by atoms with Crippen molar-refractivity contribution in [3.63, 3.8) is 0 Å². The number of nitrogens with zero attached hydrogens (tertiary/aromatic N) is 1. The first-order valence-electron chi connectivity index (χ1n) is 6.37. The normalized spacial score (nSPS) is 11.2. The molecule has 0 saturated heterocycles. The first kappa shape index (κ1) is 12.8. The van der Waals surface area contributed by atoms with E-state index in [4.69, 9.17) is 10.5 Å². The molecule has 1 aromatic carbocycles. The molecule has 2 N–H and O–H groups in total. The van der Waals surface area contributed by atoms with Crippen molar-refractivity contribution in [2.24, 2.45) is 5.73 Å². The summed E-state index contributed by atoms with van der Waals surface area (Å²) in [5.41, 5.74) is 8.79. The molecule has 0 unspecified atom stereocenters. The highest BCUT2D eigenvalue weighted by molar-refractivity contribution is 5.87. The van der Waals surface area contributed by atoms with Gasteiger partial charge in [0.05, 0.1) is 6.10 Å². The third-order valence-corrected chi connectivity index (χ3v) is 2.83. The zero-order valence-electron chi connectivity index (χ0n) is 11.2. The summed E-state index contributed by atoms with van der Waals surface area (Å²) in [6, 6.07) is 8.17. The molecule has 18 heavy (non-hydrogen) atoms. The van der Waals surface area contributed by atoms with Gasteiger partial charge in [0, 0.05) is 17.5 Å². The minimum Gasteiger partial charge on any atom is -0.489 e. The van der Waals surface area contributed by atoms with Crippen molar-refractivity contribution < 1.29 is 4.74 Å². The Morgan fingerprint density at radius 2 is 2.11 bits per heavy atom. The van der Waals surface area contributed by atoms with E-state index in [-0.39, 0.29) is 6.10 Å². The second-order valence-electron chi connectivity index (χ2n) is 4.79. The molecule has 0 saturated carbocycles. The van der Waals surface area contributed by atoms with Crippen molar-refractivity contribution in [3.05, 3.63) is 35.5 Å². The Labute approximate surface area is 108 Å². The van der Waals surface area contributed by atoms with E-state index in [1.165, 1.54) is 5.56 Å². The topological polar surface area (TPSA) is 48.1 Å². The zero-order chi connectivity index (χ0) is 13.1. The molecule has 1 aromatic heterocycles. The molecule has 96 valence electrons. The van der Waals surface area contributed by atoms with Crippen LogP contribution in [0.15, 0.2) is 24.3 Å². The van der Waals surface area contributed by atoms with Crippen LogP contribution in [-0.4, -0.2) is 17.6 Å². The summed E-state index contributed by atoms with van der Waals surface area (Å²) in [4.78, 5) is 4.67. The third-order valence-electron chi connectivity index (χ3n) is 2.83. The summed E-state index contributed by atoms with van der Waals surface area (Å²) in [7, 11) is 0. The fourth-order valence-electron chi connectivity index (χ4n) is 2.08. The maximum atomic E-state index is 5.82. The molecule has 3 heteroatoms. The van der Waals surface area contributed by atoms with Gasteiger partial charge < -0.3 is 10.5 Å². The molecule has 2 aromatic rings. The highest BCUT2D eigenvalue weighted by Gasteiger charge is 2.09. The van der Waals surface area contributed by atoms with Crippen molar-refractivity contribution >= 4 is 10.9 Å². The second kappa shape index (κ2) is 5.36. The van der Waals surface area contributed by atoms with Crippen LogP contribution in [0.25, 0.3) is 10.9 Å². The summed E-state index contributed by atoms with van der Waals surface area (Å²) in [6.07, 6.45) is 0.947. The predicted octanol–water partition coefficient (Wildman–Crippen LogP) is 2.83. The second-order valence-corrected chi connectivity index (χ2v) is 4.79. The first-order valence-corrected chi connectivity index (χ1v) is 6.37. The first-order chi connectivity index (χ1) is 8.61. The van der Waals surface area contributed by atoms with Crippen LogP contribution < -0.4 is 10.5 Å². The Hall–Kier alpha value is -1.61. The lowest BCUT2D eigenvalue weighted by atomic mass is 10.1. The maximum absolute atomic E-state index is 5.82. The lowest BCUT2D eigenvalue weighted by Crippen LogP contribution is -2.08. The number of rotatable bonds is 4. The summed E-state index contributed by atoms with van der Waals surface area (Å²) < 4.78 is 5.82. The Balaban J connectivity index is 2.58. The maximum Gasteiger partial charge on any atom is 0.145 e. The number of ether oxygens (including phenoxy) is 1. The molecule has 3 nitrogen and oxygen atoms in total. The number of hydrogen-bond acceptors (Lipinski definition) is 3. The van der Waals surface area contributed by atoms with Crippen LogP contribution in [0, 0.1) is 6.92 Å². The number of pyridine rings is 1. The van der Waals surface area contributed by atoms with Crippen LogP contribution >= 0.6 is 0 Å². The molecule has 0 aliphatic carbocycles. The monoisotopic (exact) mass is 244 g/mol. The van der Waals surface area contributed by atoms with Gasteiger partial charge >= 0.3 is 0 Å². The number of benzene rings is 1. The van der Waals surface area contributed by atoms with Crippen LogP contribution in [-0.2, 0) is 6.42 Å². The van der Waals surface area contributed by atoms with Crippen molar-refractivity contribution in [2.45, 2.75) is 33.3 Å². The molecule has 0 fully saturated rings. The minimum atomic E-state index is 0.149. The highest BCUT2D eigenvalue weighted by Crippen LogP contribution is 2.27. The lowest BCUT2D eigenvalue weighted by Gasteiger charge is -2.13. The Kier molecular flexibility index (Phi) is 3.82. The van der Waals surface area contributed by atoms with E-state index >= 15 is 0 Å². The van der Waals surface area contributed by atoms with Crippen LogP contribution in [0.2, 0.25) is 0 Å². The standard InChI is InChI=1S/C15H20N2O/c1-10(2)18-14-6-4-5-13-11(3)9-12(7-8-16)17-15(13)14/h4-6,9-10H,7-8,16H2,1-3H3. The Bertz CT molecular complexity index is 549. The molecule has 0 atom stereocenters. The molecule has 0 aliphatic rings. The van der Waals surface area contributed by atoms with E-state index in [9.17, 15) is 0 Å². The van der Waals surface area contributed by atoms with E-state index < -0.39 is 0 Å². The number of aryl methyl sites for hydroxylation is 1. The average Bonchev–Trinajstić information content (AvgIpc) is 2.30. The summed E-state index contributed by atoms with van der Waals surface area (Å²) in [6.45, 7) is 6.76. The summed E-state index contributed by atoms with van der Waals surface area (Å²) in [5, 5.41) is 1.15. The number of hydrogen-bond donors (Lipinski definition) is 1. The van der Waals surface area contributed by atoms with Gasteiger partial charge in [-0.3, -0.25) is 0 Å². The van der Waals surface area contributed by atoms with Gasteiger partial charge in [0.25, 0.3) is 0 Å². The molecular weight excluding hydrogens is 224 g/mol. The van der Waals surface area contributed by atoms with Crippen molar-refractivity contribution in [3.8, 4) is 5.75 Å². The number of para-hydroxylation sites is 1. The minimum absolute atomic E-state index is 0.149. The zero-order valence-corrected chi connectivity index (χ0v) is 11.2. The van der Waals surface area contributed by atoms with Crippen molar-refractivity contribution in [2.75, 3.05) is 6.54 Å². The summed E-state index contributed by atoms with van der Waals surface area (Å²) >= 11 is 0. The lowest BCUT2D eigenvalue weighted by molar-refractivity contribution is 0.245. The van der Waals surface area contributed by atoms with Gasteiger partial charge in [-0.2, -0.15) is 0 Å². The van der Waals surface area contributed by atoms with E-state index in [0.29, 0.717) is 6.54 Å². The van der Waals surface area contributed by atoms with Gasteiger partial charge in [0.15, 0.2) is 0 Å². The number of nitrogens with two attached hydrogens (primary N) is 1. The van der Waals surface area contributed by atoms with Crippen LogP contribution in [0.5, 0.6) is 5.75 Å². The van der Waals surface area contributed by atoms with Gasteiger partial charge in [-0.25, -0.2) is 4.98 Å². The van der Waals surface area contributed by atoms with E-state index in [0.717, 1.165) is 28.8 Å². The van der Waals surface area contributed by atoms with Crippen molar-refractivity contribution in [1.29, 1.82) is 0 Å². The molecule has 0 radical (unpaired) electrons. The smallest absolute Gasteiger partial charge is 0.145 e. The van der Waals surface area contributed by atoms with Gasteiger partial charge in [-0.15, -0.1) is 0 Å². The fourth-order valence-corrected chi connectivity index (χ4v) is 2.08. The average molecular weight is 244 g/mol. The van der Waals surface area contributed by atoms with Crippen LogP contribution in [0.4, 0.5) is 0 Å². The van der Waals surface area contributed by atoms with Gasteiger partial charge in [-0.05, 0) is 45.0 Å². The molecule has 0 spiro atoms. The van der Waals surface area contributed by atoms with E-state index in [1.807, 2.05) is 26.0 Å². The van der Waals surface area contributed by atoms with Crippen LogP contribution in [0.3, 0.4) is 0 Å². The SMILES string of the molecule is Cc1cc(CCN)nc2c(OC(C)C)cccc12. The third kappa shape index (κ3) is 2.62. The molecule has 1 heterocycles.